The molecule has 1 heterocycles. The first kappa shape index (κ1) is 22.9. The Labute approximate surface area is 242 Å². The molecular weight excluding hydrogens is 513 g/mol. The van der Waals surface area contributed by atoms with Crippen LogP contribution < -0.4 is 0 Å². The van der Waals surface area contributed by atoms with Gasteiger partial charge in [-0.25, -0.2) is 0 Å². The molecule has 0 aliphatic carbocycles. The topological polar surface area (TPSA) is 0 Å². The zero-order chi connectivity index (χ0) is 26.9. The predicted molar refractivity (Wildman–Crippen MR) is 177 cm³/mol. The monoisotopic (exact) mass is 536 g/mol. The molecule has 8 aromatic rings. The van der Waals surface area contributed by atoms with Gasteiger partial charge in [-0.2, -0.15) is 0 Å². The van der Waals surface area contributed by atoms with Crippen LogP contribution in [0.4, 0.5) is 0 Å². The lowest BCUT2D eigenvalue weighted by Gasteiger charge is -2.22. The second-order valence-corrected chi connectivity index (χ2v) is 12.0. The lowest BCUT2D eigenvalue weighted by Crippen LogP contribution is -1.95. The van der Waals surface area contributed by atoms with Gasteiger partial charge in [0.25, 0.3) is 0 Å². The van der Waals surface area contributed by atoms with E-state index in [0.717, 1.165) is 0 Å². The summed E-state index contributed by atoms with van der Waals surface area (Å²) in [5.41, 5.74) is 7.81. The van der Waals surface area contributed by atoms with E-state index in [1.165, 1.54) is 86.3 Å². The van der Waals surface area contributed by atoms with Crippen molar-refractivity contribution in [1.82, 2.24) is 0 Å². The lowest BCUT2D eigenvalue weighted by atomic mass is 9.85. The number of benzene rings is 8. The van der Waals surface area contributed by atoms with E-state index in [9.17, 15) is 0 Å². The summed E-state index contributed by atoms with van der Waals surface area (Å²) in [5.74, 6) is 0. The summed E-state index contributed by atoms with van der Waals surface area (Å²) >= 11 is 1.90. The third-order valence-corrected chi connectivity index (χ3v) is 9.71. The Bertz CT molecular complexity index is 2290. The van der Waals surface area contributed by atoms with Gasteiger partial charge in [0, 0.05) is 15.2 Å². The number of hydrogen-bond acceptors (Lipinski definition) is 1. The van der Waals surface area contributed by atoms with Gasteiger partial charge in [0.15, 0.2) is 0 Å². The summed E-state index contributed by atoms with van der Waals surface area (Å²) in [6.07, 6.45) is 0. The Morgan fingerprint density at radius 3 is 1.66 bits per heavy atom. The average Bonchev–Trinajstić information content (AvgIpc) is 3.03. The molecule has 0 unspecified atom stereocenters. The summed E-state index contributed by atoms with van der Waals surface area (Å²) < 4.78 is 0. The zero-order valence-corrected chi connectivity index (χ0v) is 23.1. The molecule has 0 saturated carbocycles. The second-order valence-electron chi connectivity index (χ2n) is 10.9. The van der Waals surface area contributed by atoms with Gasteiger partial charge >= 0.3 is 0 Å². The normalized spacial score (nSPS) is 12.3. The highest BCUT2D eigenvalue weighted by atomic mass is 32.2. The molecule has 0 radical (unpaired) electrons. The fourth-order valence-corrected chi connectivity index (χ4v) is 8.02. The SMILES string of the molecule is c1ccc2c(c1)Sc1cc(-c3c4ccccc4c(-c4ccc5ccccc5c4)c4ccccc34)cc3cccc-2c13. The highest BCUT2D eigenvalue weighted by molar-refractivity contribution is 7.99. The minimum atomic E-state index is 1.26. The van der Waals surface area contributed by atoms with E-state index in [0.29, 0.717) is 0 Å². The van der Waals surface area contributed by atoms with Crippen molar-refractivity contribution < 1.29 is 0 Å². The Morgan fingerprint density at radius 1 is 0.341 bits per heavy atom. The van der Waals surface area contributed by atoms with E-state index >= 15 is 0 Å². The molecule has 0 fully saturated rings. The highest BCUT2D eigenvalue weighted by Crippen LogP contribution is 2.51. The molecular formula is C40H24S. The molecule has 190 valence electrons. The molecule has 0 spiro atoms. The first-order chi connectivity index (χ1) is 20.3. The first-order valence-electron chi connectivity index (χ1n) is 14.1. The first-order valence-corrected chi connectivity index (χ1v) is 14.9. The van der Waals surface area contributed by atoms with Crippen LogP contribution in [0.1, 0.15) is 0 Å². The van der Waals surface area contributed by atoms with E-state index in [1.807, 2.05) is 11.8 Å². The summed E-state index contributed by atoms with van der Waals surface area (Å²) in [6.45, 7) is 0. The van der Waals surface area contributed by atoms with Gasteiger partial charge in [0.05, 0.1) is 0 Å². The maximum atomic E-state index is 2.43. The Morgan fingerprint density at radius 2 is 0.902 bits per heavy atom. The summed E-state index contributed by atoms with van der Waals surface area (Å²) in [7, 11) is 0. The molecule has 0 saturated heterocycles. The molecule has 41 heavy (non-hydrogen) atoms. The fourth-order valence-electron chi connectivity index (χ4n) is 6.83. The van der Waals surface area contributed by atoms with E-state index in [-0.39, 0.29) is 0 Å². The van der Waals surface area contributed by atoms with Crippen LogP contribution in [0, 0.1) is 0 Å². The highest BCUT2D eigenvalue weighted by Gasteiger charge is 2.22. The smallest absolute Gasteiger partial charge is 0.0213 e. The predicted octanol–water partition coefficient (Wildman–Crippen LogP) is 11.8. The Balaban J connectivity index is 1.37. The van der Waals surface area contributed by atoms with Crippen LogP contribution >= 0.6 is 11.8 Å². The van der Waals surface area contributed by atoms with Crippen LogP contribution in [0.5, 0.6) is 0 Å². The molecule has 0 amide bonds. The minimum Gasteiger partial charge on any atom is -0.0888 e. The van der Waals surface area contributed by atoms with Gasteiger partial charge in [-0.05, 0) is 95.3 Å². The van der Waals surface area contributed by atoms with E-state index in [2.05, 4.69) is 146 Å². The number of rotatable bonds is 2. The van der Waals surface area contributed by atoms with E-state index < -0.39 is 0 Å². The summed E-state index contributed by atoms with van der Waals surface area (Å²) in [4.78, 5) is 2.66. The van der Waals surface area contributed by atoms with Crippen molar-refractivity contribution in [1.29, 1.82) is 0 Å². The summed E-state index contributed by atoms with van der Waals surface area (Å²) in [6, 6.07) is 53.8. The summed E-state index contributed by atoms with van der Waals surface area (Å²) in [5, 5.41) is 10.4. The van der Waals surface area contributed by atoms with Crippen molar-refractivity contribution in [3.63, 3.8) is 0 Å². The van der Waals surface area contributed by atoms with Gasteiger partial charge < -0.3 is 0 Å². The standard InChI is InChI=1S/C40H24S/c1-2-11-26-22-28(21-20-25(26)10-1)38-32-14-3-5-16-34(32)39(35-17-6-4-15-33(35)38)29-23-27-12-9-18-31-30-13-7-8-19-36(30)41-37(24-29)40(27)31/h1-24H. The van der Waals surface area contributed by atoms with Crippen molar-refractivity contribution in [3.8, 4) is 33.4 Å². The average molecular weight is 537 g/mol. The quantitative estimate of drug-likeness (QED) is 0.198. The van der Waals surface area contributed by atoms with E-state index in [4.69, 9.17) is 0 Å². The molecule has 9 rings (SSSR count). The van der Waals surface area contributed by atoms with E-state index in [1.54, 1.807) is 0 Å². The Hall–Kier alpha value is -4.85. The number of hydrogen-bond donors (Lipinski definition) is 0. The lowest BCUT2D eigenvalue weighted by molar-refractivity contribution is 1.40. The van der Waals surface area contributed by atoms with Crippen LogP contribution in [-0.4, -0.2) is 0 Å². The third-order valence-electron chi connectivity index (χ3n) is 8.60. The molecule has 1 aliphatic heterocycles. The van der Waals surface area contributed by atoms with Crippen LogP contribution in [0.25, 0.3) is 76.5 Å². The van der Waals surface area contributed by atoms with Crippen LogP contribution in [0.15, 0.2) is 155 Å². The van der Waals surface area contributed by atoms with Gasteiger partial charge in [-0.15, -0.1) is 0 Å². The van der Waals surface area contributed by atoms with Crippen LogP contribution in [-0.2, 0) is 0 Å². The maximum Gasteiger partial charge on any atom is 0.0213 e. The van der Waals surface area contributed by atoms with Crippen molar-refractivity contribution in [2.24, 2.45) is 0 Å². The molecule has 8 aromatic carbocycles. The maximum absolute atomic E-state index is 2.43. The van der Waals surface area contributed by atoms with Crippen LogP contribution in [0.2, 0.25) is 0 Å². The van der Waals surface area contributed by atoms with Gasteiger partial charge in [-0.1, -0.05) is 133 Å². The molecule has 0 bridgehead atoms. The molecule has 1 aliphatic rings. The second kappa shape index (κ2) is 8.83. The van der Waals surface area contributed by atoms with Crippen molar-refractivity contribution in [3.05, 3.63) is 146 Å². The number of fused-ring (bicyclic) bond motifs is 5. The Kier molecular flexibility index (Phi) is 4.93. The molecule has 1 heteroatoms. The van der Waals surface area contributed by atoms with Crippen molar-refractivity contribution in [2.75, 3.05) is 0 Å². The molecule has 0 aromatic heterocycles. The van der Waals surface area contributed by atoms with Gasteiger partial charge in [0.2, 0.25) is 0 Å². The third kappa shape index (κ3) is 3.43. The van der Waals surface area contributed by atoms with Gasteiger partial charge in [0.1, 0.15) is 0 Å². The molecule has 0 atom stereocenters. The van der Waals surface area contributed by atoms with Crippen molar-refractivity contribution >= 4 is 54.9 Å². The van der Waals surface area contributed by atoms with Gasteiger partial charge in [-0.3, -0.25) is 0 Å². The minimum absolute atomic E-state index is 1.26. The van der Waals surface area contributed by atoms with Crippen molar-refractivity contribution in [2.45, 2.75) is 9.79 Å². The van der Waals surface area contributed by atoms with Crippen LogP contribution in [0.3, 0.4) is 0 Å². The molecule has 0 N–H and O–H groups in total. The fraction of sp³-hybridized carbons (Fsp3) is 0. The molecule has 0 nitrogen and oxygen atoms in total. The largest absolute Gasteiger partial charge is 0.0888 e. The zero-order valence-electron chi connectivity index (χ0n) is 22.3.